The molecule has 0 aromatic heterocycles. The van der Waals surface area contributed by atoms with E-state index in [1.54, 1.807) is 4.90 Å². The molecular formula is C19H30N2O2. The Hall–Kier alpha value is -1.84. The van der Waals surface area contributed by atoms with Gasteiger partial charge in [-0.1, -0.05) is 51.8 Å². The fourth-order valence-electron chi connectivity index (χ4n) is 2.53. The molecule has 0 saturated carbocycles. The molecule has 23 heavy (non-hydrogen) atoms. The summed E-state index contributed by atoms with van der Waals surface area (Å²) in [7, 11) is 0. The Labute approximate surface area is 140 Å². The Morgan fingerprint density at radius 2 is 1.65 bits per heavy atom. The van der Waals surface area contributed by atoms with Gasteiger partial charge in [0.25, 0.3) is 0 Å². The van der Waals surface area contributed by atoms with E-state index >= 15 is 0 Å². The number of amides is 2. The van der Waals surface area contributed by atoms with Gasteiger partial charge in [0, 0.05) is 18.8 Å². The number of para-hydroxylation sites is 1. The van der Waals surface area contributed by atoms with Gasteiger partial charge in [0.15, 0.2) is 0 Å². The number of rotatable bonds is 8. The lowest BCUT2D eigenvalue weighted by Crippen LogP contribution is -2.41. The predicted molar refractivity (Wildman–Crippen MR) is 95.6 cm³/mol. The lowest BCUT2D eigenvalue weighted by molar-refractivity contribution is -0.143. The van der Waals surface area contributed by atoms with Crippen LogP contribution in [0.1, 0.15) is 57.6 Å². The highest BCUT2D eigenvalue weighted by Crippen LogP contribution is 2.21. The molecule has 0 spiro atoms. The zero-order valence-electron chi connectivity index (χ0n) is 14.9. The lowest BCUT2D eigenvalue weighted by Gasteiger charge is -2.22. The van der Waals surface area contributed by atoms with Crippen molar-refractivity contribution in [3.8, 4) is 0 Å². The highest BCUT2D eigenvalue weighted by molar-refractivity contribution is 6.39. The Bertz CT molecular complexity index is 518. The van der Waals surface area contributed by atoms with Crippen LogP contribution < -0.4 is 5.32 Å². The first-order chi connectivity index (χ1) is 11.0. The number of aryl methyl sites for hydroxylation is 2. The minimum Gasteiger partial charge on any atom is -0.334 e. The van der Waals surface area contributed by atoms with Crippen LogP contribution in [0.2, 0.25) is 0 Å². The van der Waals surface area contributed by atoms with Gasteiger partial charge in [-0.05, 0) is 37.3 Å². The summed E-state index contributed by atoms with van der Waals surface area (Å²) in [5, 5.41) is 2.83. The largest absolute Gasteiger partial charge is 0.334 e. The molecule has 0 fully saturated rings. The van der Waals surface area contributed by atoms with E-state index in [2.05, 4.69) is 19.2 Å². The molecule has 0 aliphatic carbocycles. The third-order valence-electron chi connectivity index (χ3n) is 4.02. The van der Waals surface area contributed by atoms with Crippen LogP contribution in [-0.4, -0.2) is 29.8 Å². The fourth-order valence-corrected chi connectivity index (χ4v) is 2.53. The number of unbranched alkanes of at least 4 members (excludes halogenated alkanes) is 2. The molecule has 1 N–H and O–H groups in total. The number of benzene rings is 1. The summed E-state index contributed by atoms with van der Waals surface area (Å²) in [6.45, 7) is 9.47. The van der Waals surface area contributed by atoms with Crippen molar-refractivity contribution in [2.75, 3.05) is 18.4 Å². The van der Waals surface area contributed by atoms with Crippen molar-refractivity contribution in [1.29, 1.82) is 0 Å². The van der Waals surface area contributed by atoms with Gasteiger partial charge in [0.2, 0.25) is 0 Å². The molecule has 0 unspecified atom stereocenters. The van der Waals surface area contributed by atoms with Crippen LogP contribution in [0.4, 0.5) is 5.69 Å². The summed E-state index contributed by atoms with van der Waals surface area (Å²) < 4.78 is 0. The van der Waals surface area contributed by atoms with Crippen molar-refractivity contribution in [3.63, 3.8) is 0 Å². The van der Waals surface area contributed by atoms with Crippen molar-refractivity contribution in [2.24, 2.45) is 0 Å². The summed E-state index contributed by atoms with van der Waals surface area (Å²) in [6.07, 6.45) is 4.69. The first-order valence-corrected chi connectivity index (χ1v) is 8.73. The van der Waals surface area contributed by atoms with Gasteiger partial charge in [-0.3, -0.25) is 9.59 Å². The van der Waals surface area contributed by atoms with E-state index in [1.807, 2.05) is 32.0 Å². The Morgan fingerprint density at radius 3 is 2.17 bits per heavy atom. The average Bonchev–Trinajstić information content (AvgIpc) is 2.56. The monoisotopic (exact) mass is 318 g/mol. The topological polar surface area (TPSA) is 49.4 Å². The van der Waals surface area contributed by atoms with E-state index in [9.17, 15) is 9.59 Å². The first-order valence-electron chi connectivity index (χ1n) is 8.73. The minimum absolute atomic E-state index is 0.419. The van der Waals surface area contributed by atoms with Gasteiger partial charge < -0.3 is 10.2 Å². The van der Waals surface area contributed by atoms with E-state index in [1.165, 1.54) is 0 Å². The van der Waals surface area contributed by atoms with Crippen molar-refractivity contribution in [3.05, 3.63) is 29.3 Å². The molecule has 0 saturated heterocycles. The lowest BCUT2D eigenvalue weighted by atomic mass is 10.1. The summed E-state index contributed by atoms with van der Waals surface area (Å²) in [6, 6.07) is 5.91. The smallest absolute Gasteiger partial charge is 0.313 e. The Kier molecular flexibility index (Phi) is 8.38. The highest BCUT2D eigenvalue weighted by atomic mass is 16.2. The van der Waals surface area contributed by atoms with Crippen LogP contribution in [0.3, 0.4) is 0 Å². The van der Waals surface area contributed by atoms with Crippen molar-refractivity contribution in [2.45, 2.75) is 59.8 Å². The van der Waals surface area contributed by atoms with Crippen LogP contribution in [0.25, 0.3) is 0 Å². The number of nitrogens with one attached hydrogen (secondary N) is 1. The zero-order valence-corrected chi connectivity index (χ0v) is 14.9. The molecule has 0 aliphatic rings. The Morgan fingerprint density at radius 1 is 1.04 bits per heavy atom. The average molecular weight is 318 g/mol. The molecule has 1 aromatic carbocycles. The molecule has 0 aliphatic heterocycles. The molecule has 128 valence electrons. The predicted octanol–water partition coefficient (Wildman–Crippen LogP) is 3.92. The van der Waals surface area contributed by atoms with E-state index in [0.29, 0.717) is 13.1 Å². The molecule has 0 bridgehead atoms. The SMILES string of the molecule is CCCCN(CCCC)C(=O)C(=O)Nc1c(C)cccc1CC. The maximum Gasteiger partial charge on any atom is 0.313 e. The maximum atomic E-state index is 12.5. The summed E-state index contributed by atoms with van der Waals surface area (Å²) in [5.74, 6) is -0.946. The second-order valence-electron chi connectivity index (χ2n) is 5.92. The molecule has 4 nitrogen and oxygen atoms in total. The molecule has 0 heterocycles. The standard InChI is InChI=1S/C19H30N2O2/c1-5-8-13-21(14-9-6-2)19(23)18(22)20-17-15(4)11-10-12-16(17)7-3/h10-12H,5-9,13-14H2,1-4H3,(H,20,22). The number of hydrogen-bond acceptors (Lipinski definition) is 2. The van der Waals surface area contributed by atoms with Crippen LogP contribution in [0, 0.1) is 6.92 Å². The minimum atomic E-state index is -0.527. The molecule has 0 radical (unpaired) electrons. The van der Waals surface area contributed by atoms with Gasteiger partial charge in [0.05, 0.1) is 0 Å². The second kappa shape index (κ2) is 10.0. The van der Waals surface area contributed by atoms with Gasteiger partial charge in [-0.25, -0.2) is 0 Å². The fraction of sp³-hybridized carbons (Fsp3) is 0.579. The number of carbonyl (C=O) groups excluding carboxylic acids is 2. The van der Waals surface area contributed by atoms with Crippen molar-refractivity contribution in [1.82, 2.24) is 4.90 Å². The number of carbonyl (C=O) groups is 2. The first kappa shape index (κ1) is 19.2. The van der Waals surface area contributed by atoms with Crippen LogP contribution in [-0.2, 0) is 16.0 Å². The maximum absolute atomic E-state index is 12.5. The molecule has 2 amide bonds. The summed E-state index contributed by atoms with van der Waals surface area (Å²) in [4.78, 5) is 26.6. The van der Waals surface area contributed by atoms with Crippen LogP contribution in [0.15, 0.2) is 18.2 Å². The number of anilines is 1. The Balaban J connectivity index is 2.83. The molecule has 0 atom stereocenters. The zero-order chi connectivity index (χ0) is 17.2. The van der Waals surface area contributed by atoms with Gasteiger partial charge >= 0.3 is 11.8 Å². The van der Waals surface area contributed by atoms with Gasteiger partial charge in [-0.2, -0.15) is 0 Å². The second-order valence-corrected chi connectivity index (χ2v) is 5.92. The van der Waals surface area contributed by atoms with E-state index in [0.717, 1.165) is 48.9 Å². The van der Waals surface area contributed by atoms with Crippen molar-refractivity contribution >= 4 is 17.5 Å². The number of hydrogen-bond donors (Lipinski definition) is 1. The van der Waals surface area contributed by atoms with Gasteiger partial charge in [0.1, 0.15) is 0 Å². The molecule has 4 heteroatoms. The van der Waals surface area contributed by atoms with E-state index in [-0.39, 0.29) is 0 Å². The molecule has 1 rings (SSSR count). The summed E-state index contributed by atoms with van der Waals surface area (Å²) in [5.41, 5.74) is 2.82. The molecule has 1 aromatic rings. The van der Waals surface area contributed by atoms with Gasteiger partial charge in [-0.15, -0.1) is 0 Å². The molecular weight excluding hydrogens is 288 g/mol. The van der Waals surface area contributed by atoms with Crippen LogP contribution in [0.5, 0.6) is 0 Å². The van der Waals surface area contributed by atoms with E-state index in [4.69, 9.17) is 0 Å². The third-order valence-corrected chi connectivity index (χ3v) is 4.02. The third kappa shape index (κ3) is 5.70. The quantitative estimate of drug-likeness (QED) is 0.738. The number of nitrogens with zero attached hydrogens (tertiary/aromatic N) is 1. The normalized spacial score (nSPS) is 10.4. The van der Waals surface area contributed by atoms with E-state index < -0.39 is 11.8 Å². The van der Waals surface area contributed by atoms with Crippen LogP contribution >= 0.6 is 0 Å². The summed E-state index contributed by atoms with van der Waals surface area (Å²) >= 11 is 0. The highest BCUT2D eigenvalue weighted by Gasteiger charge is 2.22. The van der Waals surface area contributed by atoms with Crippen molar-refractivity contribution < 1.29 is 9.59 Å².